The predicted molar refractivity (Wildman–Crippen MR) is 114 cm³/mol. The molecule has 3 rings (SSSR count). The lowest BCUT2D eigenvalue weighted by molar-refractivity contribution is -0.137. The van der Waals surface area contributed by atoms with Gasteiger partial charge in [-0.2, -0.15) is 13.2 Å². The maximum Gasteiger partial charge on any atom is 0.416 e. The molecule has 0 unspecified atom stereocenters. The standard InChI is InChI=1S/C22H21F3N2O3S/c1-30-12-4-11-26-20(28)14-27-17-5-2-3-6-18(17)31-19(21(27)29)13-15-7-9-16(10-8-15)22(23,24)25/h2-3,5-10,13H,4,11-12,14H2,1H3,(H,26,28). The fourth-order valence-corrected chi connectivity index (χ4v) is 4.04. The Morgan fingerprint density at radius 3 is 2.55 bits per heavy atom. The number of methoxy groups -OCH3 is 1. The number of nitrogens with zero attached hydrogens (tertiary/aromatic N) is 1. The third-order valence-corrected chi connectivity index (χ3v) is 5.59. The molecule has 1 aliphatic heterocycles. The van der Waals surface area contributed by atoms with E-state index in [-0.39, 0.29) is 18.4 Å². The van der Waals surface area contributed by atoms with Gasteiger partial charge in [-0.05, 0) is 42.3 Å². The highest BCUT2D eigenvalue weighted by atomic mass is 32.2. The van der Waals surface area contributed by atoms with Gasteiger partial charge in [-0.15, -0.1) is 0 Å². The van der Waals surface area contributed by atoms with Crippen molar-refractivity contribution in [2.45, 2.75) is 17.5 Å². The van der Waals surface area contributed by atoms with Crippen LogP contribution in [0.2, 0.25) is 0 Å². The Kier molecular flexibility index (Phi) is 7.40. The average Bonchev–Trinajstić information content (AvgIpc) is 2.74. The van der Waals surface area contributed by atoms with E-state index in [1.165, 1.54) is 34.9 Å². The number of amides is 2. The van der Waals surface area contributed by atoms with Crippen molar-refractivity contribution < 1.29 is 27.5 Å². The number of benzene rings is 2. The first kappa shape index (κ1) is 22.9. The highest BCUT2D eigenvalue weighted by Crippen LogP contribution is 2.42. The van der Waals surface area contributed by atoms with Crippen molar-refractivity contribution in [3.63, 3.8) is 0 Å². The van der Waals surface area contributed by atoms with Crippen molar-refractivity contribution in [2.24, 2.45) is 0 Å². The van der Waals surface area contributed by atoms with Crippen LogP contribution in [0.25, 0.3) is 6.08 Å². The number of nitrogens with one attached hydrogen (secondary N) is 1. The van der Waals surface area contributed by atoms with Gasteiger partial charge in [0, 0.05) is 25.2 Å². The number of halogens is 3. The van der Waals surface area contributed by atoms with Crippen LogP contribution in [-0.2, 0) is 20.5 Å². The number of ether oxygens (including phenoxy) is 1. The van der Waals surface area contributed by atoms with Crippen molar-refractivity contribution in [2.75, 3.05) is 31.7 Å². The number of carbonyl (C=O) groups is 2. The molecular formula is C22H21F3N2O3S. The monoisotopic (exact) mass is 450 g/mol. The molecule has 164 valence electrons. The molecule has 0 atom stereocenters. The van der Waals surface area contributed by atoms with Crippen molar-refractivity contribution in [3.8, 4) is 0 Å². The van der Waals surface area contributed by atoms with Gasteiger partial charge in [0.15, 0.2) is 0 Å². The Hall–Kier alpha value is -2.78. The van der Waals surface area contributed by atoms with Gasteiger partial charge in [-0.3, -0.25) is 14.5 Å². The summed E-state index contributed by atoms with van der Waals surface area (Å²) in [7, 11) is 1.58. The number of alkyl halides is 3. The SMILES string of the molecule is COCCCNC(=O)CN1C(=O)C(=Cc2ccc(C(F)(F)F)cc2)Sc2ccccc21. The maximum atomic E-state index is 13.1. The van der Waals surface area contributed by atoms with E-state index in [0.29, 0.717) is 35.7 Å². The number of hydrogen-bond acceptors (Lipinski definition) is 4. The van der Waals surface area contributed by atoms with Crippen LogP contribution in [0.1, 0.15) is 17.5 Å². The van der Waals surface area contributed by atoms with Crippen molar-refractivity contribution in [1.82, 2.24) is 5.32 Å². The van der Waals surface area contributed by atoms with Crippen molar-refractivity contribution in [1.29, 1.82) is 0 Å². The van der Waals surface area contributed by atoms with Gasteiger partial charge < -0.3 is 10.1 Å². The van der Waals surface area contributed by atoms with E-state index in [4.69, 9.17) is 4.74 Å². The van der Waals surface area contributed by atoms with Gasteiger partial charge >= 0.3 is 6.18 Å². The average molecular weight is 450 g/mol. The number of anilines is 1. The first-order chi connectivity index (χ1) is 14.8. The van der Waals surface area contributed by atoms with E-state index in [0.717, 1.165) is 17.0 Å². The minimum atomic E-state index is -4.42. The van der Waals surface area contributed by atoms with Crippen LogP contribution in [0, 0.1) is 0 Å². The second kappa shape index (κ2) is 10.0. The summed E-state index contributed by atoms with van der Waals surface area (Å²) in [4.78, 5) is 27.9. The third kappa shape index (κ3) is 5.89. The molecule has 1 heterocycles. The van der Waals surface area contributed by atoms with Crippen LogP contribution in [-0.4, -0.2) is 38.6 Å². The number of hydrogen-bond donors (Lipinski definition) is 1. The fraction of sp³-hybridized carbons (Fsp3) is 0.273. The zero-order valence-electron chi connectivity index (χ0n) is 16.7. The Morgan fingerprint density at radius 2 is 1.87 bits per heavy atom. The fourth-order valence-electron chi connectivity index (χ4n) is 2.98. The van der Waals surface area contributed by atoms with E-state index >= 15 is 0 Å². The maximum absolute atomic E-state index is 13.1. The molecule has 0 saturated carbocycles. The van der Waals surface area contributed by atoms with Crippen LogP contribution in [0.5, 0.6) is 0 Å². The highest BCUT2D eigenvalue weighted by molar-refractivity contribution is 8.04. The smallest absolute Gasteiger partial charge is 0.385 e. The Labute approximate surface area is 182 Å². The Bertz CT molecular complexity index is 975. The second-order valence-electron chi connectivity index (χ2n) is 6.79. The first-order valence-electron chi connectivity index (χ1n) is 9.53. The van der Waals surface area contributed by atoms with E-state index < -0.39 is 11.7 Å². The number of carbonyl (C=O) groups excluding carboxylic acids is 2. The van der Waals surface area contributed by atoms with Crippen molar-refractivity contribution in [3.05, 3.63) is 64.6 Å². The lowest BCUT2D eigenvalue weighted by Crippen LogP contribution is -2.43. The molecular weight excluding hydrogens is 429 g/mol. The summed E-state index contributed by atoms with van der Waals surface area (Å²) in [5, 5.41) is 2.76. The molecule has 1 N–H and O–H groups in total. The summed E-state index contributed by atoms with van der Waals surface area (Å²) in [5.41, 5.74) is 0.329. The van der Waals surface area contributed by atoms with Gasteiger partial charge in [-0.25, -0.2) is 0 Å². The van der Waals surface area contributed by atoms with E-state index in [9.17, 15) is 22.8 Å². The zero-order valence-corrected chi connectivity index (χ0v) is 17.6. The van der Waals surface area contributed by atoms with E-state index in [1.54, 1.807) is 19.2 Å². The number of fused-ring (bicyclic) bond motifs is 1. The summed E-state index contributed by atoms with van der Waals surface area (Å²) < 4.78 is 43.3. The van der Waals surface area contributed by atoms with Gasteiger partial charge in [-0.1, -0.05) is 36.0 Å². The lowest BCUT2D eigenvalue weighted by Gasteiger charge is -2.29. The predicted octanol–water partition coefficient (Wildman–Crippen LogP) is 4.34. The van der Waals surface area contributed by atoms with Crippen LogP contribution < -0.4 is 10.2 Å². The van der Waals surface area contributed by atoms with Crippen molar-refractivity contribution >= 4 is 35.3 Å². The van der Waals surface area contributed by atoms with Gasteiger partial charge in [0.2, 0.25) is 5.91 Å². The number of thioether (sulfide) groups is 1. The molecule has 2 aromatic carbocycles. The summed E-state index contributed by atoms with van der Waals surface area (Å²) in [6, 6.07) is 11.8. The molecule has 0 spiro atoms. The summed E-state index contributed by atoms with van der Waals surface area (Å²) in [5.74, 6) is -0.685. The molecule has 9 heteroatoms. The van der Waals surface area contributed by atoms with Crippen LogP contribution in [0.15, 0.2) is 58.3 Å². The zero-order chi connectivity index (χ0) is 22.4. The molecule has 1 aliphatic rings. The normalized spacial score (nSPS) is 15.2. The molecule has 0 saturated heterocycles. The summed E-state index contributed by atoms with van der Waals surface area (Å²) >= 11 is 1.22. The molecule has 2 aromatic rings. The van der Waals surface area contributed by atoms with Crippen LogP contribution in [0.4, 0.5) is 18.9 Å². The molecule has 0 aromatic heterocycles. The first-order valence-corrected chi connectivity index (χ1v) is 10.3. The largest absolute Gasteiger partial charge is 0.416 e. The summed E-state index contributed by atoms with van der Waals surface area (Å²) in [6.45, 7) is 0.787. The lowest BCUT2D eigenvalue weighted by atomic mass is 10.1. The Morgan fingerprint density at radius 1 is 1.16 bits per heavy atom. The van der Waals surface area contributed by atoms with Crippen LogP contribution in [0.3, 0.4) is 0 Å². The number of rotatable bonds is 7. The Balaban J connectivity index is 1.81. The van der Waals surface area contributed by atoms with Crippen LogP contribution >= 0.6 is 11.8 Å². The van der Waals surface area contributed by atoms with Gasteiger partial charge in [0.05, 0.1) is 16.2 Å². The highest BCUT2D eigenvalue weighted by Gasteiger charge is 2.31. The minimum absolute atomic E-state index is 0.159. The third-order valence-electron chi connectivity index (χ3n) is 4.52. The topological polar surface area (TPSA) is 58.6 Å². The minimum Gasteiger partial charge on any atom is -0.385 e. The van der Waals surface area contributed by atoms with E-state index in [1.807, 2.05) is 12.1 Å². The molecule has 0 aliphatic carbocycles. The van der Waals surface area contributed by atoms with Gasteiger partial charge in [0.25, 0.3) is 5.91 Å². The quantitative estimate of drug-likeness (QED) is 0.504. The molecule has 31 heavy (non-hydrogen) atoms. The molecule has 2 amide bonds. The molecule has 0 bridgehead atoms. The number of para-hydroxylation sites is 1. The molecule has 0 radical (unpaired) electrons. The molecule has 0 fully saturated rings. The van der Waals surface area contributed by atoms with Gasteiger partial charge in [0.1, 0.15) is 6.54 Å². The molecule has 5 nitrogen and oxygen atoms in total. The van der Waals surface area contributed by atoms with E-state index in [2.05, 4.69) is 5.32 Å². The second-order valence-corrected chi connectivity index (χ2v) is 7.87. The summed E-state index contributed by atoms with van der Waals surface area (Å²) in [6.07, 6.45) is -2.23.